The highest BCUT2D eigenvalue weighted by molar-refractivity contribution is 5.86. The van der Waals surface area contributed by atoms with Crippen LogP contribution in [-0.2, 0) is 0 Å². The van der Waals surface area contributed by atoms with E-state index in [0.717, 1.165) is 27.6 Å². The van der Waals surface area contributed by atoms with Gasteiger partial charge in [0.15, 0.2) is 0 Å². The van der Waals surface area contributed by atoms with Crippen LogP contribution in [-0.4, -0.2) is 10.2 Å². The monoisotopic (exact) mass is 450 g/mol. The van der Waals surface area contributed by atoms with Crippen LogP contribution in [0, 0.1) is 0 Å². The minimum absolute atomic E-state index is 0.514. The normalized spacial score (nSPS) is 11.3. The first-order valence-corrected chi connectivity index (χ1v) is 11.6. The Morgan fingerprint density at radius 3 is 1.63 bits per heavy atom. The molecule has 0 bridgehead atoms. The lowest BCUT2D eigenvalue weighted by Crippen LogP contribution is -1.79. The van der Waals surface area contributed by atoms with Gasteiger partial charge >= 0.3 is 0 Å². The van der Waals surface area contributed by atoms with Crippen LogP contribution < -0.4 is 0 Å². The maximum absolute atomic E-state index is 5.98. The van der Waals surface area contributed by atoms with Gasteiger partial charge in [0.1, 0.15) is 0 Å². The molecule has 0 aliphatic carbocycles. The summed E-state index contributed by atoms with van der Waals surface area (Å²) in [5.41, 5.74) is 6.52. The molecule has 0 unspecified atom stereocenters. The van der Waals surface area contributed by atoms with Crippen molar-refractivity contribution < 1.29 is 4.42 Å². The van der Waals surface area contributed by atoms with Crippen molar-refractivity contribution in [2.75, 3.05) is 0 Å². The van der Waals surface area contributed by atoms with E-state index in [4.69, 9.17) is 4.42 Å². The molecular formula is C32H22N2O. The second-order valence-electron chi connectivity index (χ2n) is 8.42. The number of benzene rings is 5. The Kier molecular flexibility index (Phi) is 5.50. The van der Waals surface area contributed by atoms with Gasteiger partial charge < -0.3 is 4.42 Å². The van der Waals surface area contributed by atoms with Crippen molar-refractivity contribution in [3.63, 3.8) is 0 Å². The molecule has 3 nitrogen and oxygen atoms in total. The Morgan fingerprint density at radius 2 is 0.943 bits per heavy atom. The molecule has 6 rings (SSSR count). The molecule has 1 aromatic heterocycles. The SMILES string of the molecule is C(=C\c1ccc(-c2nnc(-c3ccc4ccccc4c3)o2)cc1)/c1ccc(-c2ccccc2)cc1. The van der Waals surface area contributed by atoms with Crippen LogP contribution in [0.2, 0.25) is 0 Å². The fraction of sp³-hybridized carbons (Fsp3) is 0. The summed E-state index contributed by atoms with van der Waals surface area (Å²) in [4.78, 5) is 0. The van der Waals surface area contributed by atoms with Gasteiger partial charge in [0.2, 0.25) is 11.8 Å². The van der Waals surface area contributed by atoms with Gasteiger partial charge in [-0.3, -0.25) is 0 Å². The second kappa shape index (κ2) is 9.24. The molecule has 0 N–H and O–H groups in total. The molecular weight excluding hydrogens is 428 g/mol. The quantitative estimate of drug-likeness (QED) is 0.248. The Bertz CT molecular complexity index is 1610. The molecule has 0 saturated carbocycles. The predicted molar refractivity (Wildman–Crippen MR) is 143 cm³/mol. The molecule has 0 atom stereocenters. The van der Waals surface area contributed by atoms with Crippen molar-refractivity contribution in [3.8, 4) is 34.0 Å². The van der Waals surface area contributed by atoms with Crippen LogP contribution in [0.15, 0.2) is 126 Å². The van der Waals surface area contributed by atoms with Crippen molar-refractivity contribution >= 4 is 22.9 Å². The van der Waals surface area contributed by atoms with E-state index in [1.807, 2.05) is 36.4 Å². The Labute approximate surface area is 204 Å². The molecule has 35 heavy (non-hydrogen) atoms. The third-order valence-corrected chi connectivity index (χ3v) is 6.07. The number of fused-ring (bicyclic) bond motifs is 1. The molecule has 0 saturated heterocycles. The van der Waals surface area contributed by atoms with Gasteiger partial charge in [0.25, 0.3) is 0 Å². The van der Waals surface area contributed by atoms with Crippen molar-refractivity contribution in [2.24, 2.45) is 0 Å². The molecule has 0 fully saturated rings. The highest BCUT2D eigenvalue weighted by atomic mass is 16.4. The van der Waals surface area contributed by atoms with Crippen LogP contribution >= 0.6 is 0 Å². The molecule has 3 heteroatoms. The van der Waals surface area contributed by atoms with E-state index in [-0.39, 0.29) is 0 Å². The summed E-state index contributed by atoms with van der Waals surface area (Å²) in [6, 6.07) is 41.5. The van der Waals surface area contributed by atoms with E-state index < -0.39 is 0 Å². The van der Waals surface area contributed by atoms with Gasteiger partial charge in [-0.25, -0.2) is 0 Å². The van der Waals surface area contributed by atoms with Crippen molar-refractivity contribution in [2.45, 2.75) is 0 Å². The summed E-state index contributed by atoms with van der Waals surface area (Å²) in [6.45, 7) is 0. The highest BCUT2D eigenvalue weighted by Crippen LogP contribution is 2.27. The number of hydrogen-bond donors (Lipinski definition) is 0. The molecule has 5 aromatic carbocycles. The fourth-order valence-corrected chi connectivity index (χ4v) is 4.13. The van der Waals surface area contributed by atoms with Crippen LogP contribution in [0.5, 0.6) is 0 Å². The number of aromatic nitrogens is 2. The zero-order valence-electron chi connectivity index (χ0n) is 19.0. The van der Waals surface area contributed by atoms with E-state index in [9.17, 15) is 0 Å². The summed E-state index contributed by atoms with van der Waals surface area (Å²) < 4.78 is 5.98. The Morgan fingerprint density at radius 1 is 0.429 bits per heavy atom. The van der Waals surface area contributed by atoms with Gasteiger partial charge in [-0.1, -0.05) is 109 Å². The summed E-state index contributed by atoms with van der Waals surface area (Å²) in [5.74, 6) is 1.04. The van der Waals surface area contributed by atoms with E-state index in [1.54, 1.807) is 0 Å². The standard InChI is InChI=1S/C32H22N2O/c1-2-6-25(7-3-1)27-16-12-23(13-17-27)10-11-24-14-18-28(19-15-24)31-33-34-32(35-31)30-21-20-26-8-4-5-9-29(26)22-30/h1-22H/b11-10+. The highest BCUT2D eigenvalue weighted by Gasteiger charge is 2.11. The van der Waals surface area contributed by atoms with Gasteiger partial charge in [-0.05, 0) is 57.3 Å². The van der Waals surface area contributed by atoms with E-state index in [1.165, 1.54) is 16.5 Å². The average Bonchev–Trinajstić information content (AvgIpc) is 3.43. The van der Waals surface area contributed by atoms with Crippen molar-refractivity contribution in [3.05, 3.63) is 132 Å². The van der Waals surface area contributed by atoms with Crippen molar-refractivity contribution in [1.29, 1.82) is 0 Å². The van der Waals surface area contributed by atoms with E-state index in [2.05, 4.69) is 107 Å². The smallest absolute Gasteiger partial charge is 0.248 e. The predicted octanol–water partition coefficient (Wildman–Crippen LogP) is 8.39. The maximum atomic E-state index is 5.98. The first kappa shape index (κ1) is 20.8. The summed E-state index contributed by atoms with van der Waals surface area (Å²) >= 11 is 0. The summed E-state index contributed by atoms with van der Waals surface area (Å²) in [7, 11) is 0. The number of hydrogen-bond acceptors (Lipinski definition) is 3. The fourth-order valence-electron chi connectivity index (χ4n) is 4.13. The minimum atomic E-state index is 0.514. The average molecular weight is 451 g/mol. The maximum Gasteiger partial charge on any atom is 0.248 e. The zero-order valence-corrected chi connectivity index (χ0v) is 19.0. The minimum Gasteiger partial charge on any atom is -0.416 e. The molecule has 6 aromatic rings. The van der Waals surface area contributed by atoms with Gasteiger partial charge in [0.05, 0.1) is 0 Å². The van der Waals surface area contributed by atoms with E-state index in [0.29, 0.717) is 11.8 Å². The van der Waals surface area contributed by atoms with Crippen LogP contribution in [0.1, 0.15) is 11.1 Å². The molecule has 166 valence electrons. The first-order chi connectivity index (χ1) is 17.3. The van der Waals surface area contributed by atoms with Gasteiger partial charge in [-0.2, -0.15) is 0 Å². The lowest BCUT2D eigenvalue weighted by molar-refractivity contribution is 0.584. The topological polar surface area (TPSA) is 38.9 Å². The third-order valence-electron chi connectivity index (χ3n) is 6.07. The largest absolute Gasteiger partial charge is 0.416 e. The molecule has 0 aliphatic heterocycles. The first-order valence-electron chi connectivity index (χ1n) is 11.6. The summed E-state index contributed by atoms with van der Waals surface area (Å²) in [6.07, 6.45) is 4.23. The Hall–Kier alpha value is -4.76. The Balaban J connectivity index is 1.16. The van der Waals surface area contributed by atoms with Gasteiger partial charge in [-0.15, -0.1) is 10.2 Å². The molecule has 1 heterocycles. The van der Waals surface area contributed by atoms with Crippen LogP contribution in [0.4, 0.5) is 0 Å². The number of rotatable bonds is 5. The lowest BCUT2D eigenvalue weighted by Gasteiger charge is -2.02. The molecule has 0 radical (unpaired) electrons. The van der Waals surface area contributed by atoms with Crippen LogP contribution in [0.3, 0.4) is 0 Å². The molecule has 0 amide bonds. The summed E-state index contributed by atoms with van der Waals surface area (Å²) in [5, 5.41) is 10.9. The lowest BCUT2D eigenvalue weighted by atomic mass is 10.0. The van der Waals surface area contributed by atoms with Crippen molar-refractivity contribution in [1.82, 2.24) is 10.2 Å². The second-order valence-corrected chi connectivity index (χ2v) is 8.42. The van der Waals surface area contributed by atoms with E-state index >= 15 is 0 Å². The number of nitrogens with zero attached hydrogens (tertiary/aromatic N) is 2. The third kappa shape index (κ3) is 4.53. The van der Waals surface area contributed by atoms with Gasteiger partial charge in [0, 0.05) is 11.1 Å². The molecule has 0 spiro atoms. The van der Waals surface area contributed by atoms with Crippen LogP contribution in [0.25, 0.3) is 57.0 Å². The molecule has 0 aliphatic rings. The zero-order chi connectivity index (χ0) is 23.5.